The summed E-state index contributed by atoms with van der Waals surface area (Å²) in [6.07, 6.45) is -0.755. The predicted molar refractivity (Wildman–Crippen MR) is 121 cm³/mol. The first kappa shape index (κ1) is 21.7. The summed E-state index contributed by atoms with van der Waals surface area (Å²) < 4.78 is 19.9. The molecule has 8 nitrogen and oxygen atoms in total. The Balaban J connectivity index is 1.48. The monoisotopic (exact) mass is 453 g/mol. The third kappa shape index (κ3) is 3.52. The molecule has 2 aromatic rings. The van der Waals surface area contributed by atoms with Crippen LogP contribution in [0.1, 0.15) is 12.5 Å². The van der Waals surface area contributed by atoms with E-state index >= 15 is 0 Å². The second kappa shape index (κ2) is 8.31. The number of benzene rings is 2. The van der Waals surface area contributed by atoms with Crippen LogP contribution in [0.15, 0.2) is 48.5 Å². The lowest BCUT2D eigenvalue weighted by Crippen LogP contribution is -2.66. The quantitative estimate of drug-likeness (QED) is 0.766. The molecule has 0 spiro atoms. The van der Waals surface area contributed by atoms with Crippen molar-refractivity contribution in [2.24, 2.45) is 5.92 Å². The molecule has 33 heavy (non-hydrogen) atoms. The maximum Gasteiger partial charge on any atom is 0.328 e. The number of hydrogen-bond acceptors (Lipinski definition) is 6. The maximum absolute atomic E-state index is 14.3. The van der Waals surface area contributed by atoms with Gasteiger partial charge < -0.3 is 14.5 Å². The lowest BCUT2D eigenvalue weighted by atomic mass is 10.0. The first-order valence-corrected chi connectivity index (χ1v) is 11.1. The van der Waals surface area contributed by atoms with Gasteiger partial charge in [0.05, 0.1) is 19.3 Å². The van der Waals surface area contributed by atoms with E-state index < -0.39 is 24.1 Å². The molecule has 1 N–H and O–H groups in total. The fraction of sp³-hybridized carbons (Fsp3) is 0.417. The van der Waals surface area contributed by atoms with Crippen LogP contribution in [0.5, 0.6) is 5.75 Å². The molecule has 0 aromatic heterocycles. The number of carbonyl (C=O) groups is 2. The molecular formula is C24H28FN5O3. The van der Waals surface area contributed by atoms with Gasteiger partial charge in [0.1, 0.15) is 30.1 Å². The van der Waals surface area contributed by atoms with Crippen molar-refractivity contribution in [2.75, 3.05) is 32.1 Å². The SMILES string of the molecule is COc1ccccc1N1CC(C)CN2C3C(=O)N(Cc4ccccc4F)C(=O)N(C)C3NC12. The van der Waals surface area contributed by atoms with E-state index in [4.69, 9.17) is 4.74 Å². The van der Waals surface area contributed by atoms with Crippen molar-refractivity contribution in [3.05, 3.63) is 59.9 Å². The van der Waals surface area contributed by atoms with Crippen LogP contribution in [-0.2, 0) is 11.3 Å². The van der Waals surface area contributed by atoms with Crippen molar-refractivity contribution >= 4 is 17.6 Å². The van der Waals surface area contributed by atoms with Gasteiger partial charge in [-0.25, -0.2) is 9.18 Å². The number of urea groups is 1. The Labute approximate surface area is 192 Å². The van der Waals surface area contributed by atoms with Gasteiger partial charge >= 0.3 is 6.03 Å². The molecule has 3 saturated heterocycles. The van der Waals surface area contributed by atoms with Gasteiger partial charge in [-0.15, -0.1) is 0 Å². The van der Waals surface area contributed by atoms with Crippen LogP contribution in [0.4, 0.5) is 14.9 Å². The van der Waals surface area contributed by atoms with E-state index in [1.165, 1.54) is 6.07 Å². The summed E-state index contributed by atoms with van der Waals surface area (Å²) in [4.78, 5) is 33.8. The normalized spacial score (nSPS) is 27.6. The average Bonchev–Trinajstić information content (AvgIpc) is 3.20. The number of halogens is 1. The predicted octanol–water partition coefficient (Wildman–Crippen LogP) is 2.27. The summed E-state index contributed by atoms with van der Waals surface area (Å²) in [5.74, 6) is 0.289. The summed E-state index contributed by atoms with van der Waals surface area (Å²) in [5, 5.41) is 3.50. The number of para-hydroxylation sites is 2. The number of carbonyl (C=O) groups excluding carboxylic acids is 2. The van der Waals surface area contributed by atoms with Crippen LogP contribution in [-0.4, -0.2) is 72.4 Å². The maximum atomic E-state index is 14.3. The van der Waals surface area contributed by atoms with Crippen molar-refractivity contribution < 1.29 is 18.7 Å². The van der Waals surface area contributed by atoms with E-state index in [9.17, 15) is 14.0 Å². The van der Waals surface area contributed by atoms with Crippen LogP contribution in [0.25, 0.3) is 0 Å². The Bertz CT molecular complexity index is 1080. The number of imide groups is 1. The number of nitrogens with zero attached hydrogens (tertiary/aromatic N) is 4. The lowest BCUT2D eigenvalue weighted by Gasteiger charge is -2.46. The van der Waals surface area contributed by atoms with E-state index in [1.807, 2.05) is 24.3 Å². The van der Waals surface area contributed by atoms with Crippen LogP contribution >= 0.6 is 0 Å². The molecule has 3 fully saturated rings. The Morgan fingerprint density at radius 2 is 1.82 bits per heavy atom. The molecule has 0 radical (unpaired) electrons. The highest BCUT2D eigenvalue weighted by molar-refractivity contribution is 6.00. The number of nitrogens with one attached hydrogen (secondary N) is 1. The first-order chi connectivity index (χ1) is 15.9. The molecule has 3 heterocycles. The van der Waals surface area contributed by atoms with E-state index in [0.717, 1.165) is 22.9 Å². The second-order valence-electron chi connectivity index (χ2n) is 8.97. The lowest BCUT2D eigenvalue weighted by molar-refractivity contribution is -0.139. The van der Waals surface area contributed by atoms with Gasteiger partial charge in [-0.3, -0.25) is 19.9 Å². The van der Waals surface area contributed by atoms with E-state index in [2.05, 4.69) is 22.0 Å². The molecule has 3 aliphatic heterocycles. The van der Waals surface area contributed by atoms with Gasteiger partial charge in [-0.05, 0) is 24.1 Å². The van der Waals surface area contributed by atoms with E-state index in [1.54, 1.807) is 37.3 Å². The fourth-order valence-corrected chi connectivity index (χ4v) is 5.21. The molecule has 0 saturated carbocycles. The Hall–Kier alpha value is -3.17. The molecule has 3 aliphatic rings. The molecule has 4 unspecified atom stereocenters. The molecule has 2 aromatic carbocycles. The fourth-order valence-electron chi connectivity index (χ4n) is 5.21. The number of amides is 3. The van der Waals surface area contributed by atoms with Gasteiger partial charge in [0, 0.05) is 25.7 Å². The highest BCUT2D eigenvalue weighted by Gasteiger charge is 2.57. The zero-order chi connectivity index (χ0) is 23.3. The van der Waals surface area contributed by atoms with Crippen molar-refractivity contribution in [1.82, 2.24) is 20.0 Å². The van der Waals surface area contributed by atoms with Gasteiger partial charge in [0.15, 0.2) is 0 Å². The Morgan fingerprint density at radius 1 is 1.09 bits per heavy atom. The van der Waals surface area contributed by atoms with Crippen molar-refractivity contribution in [3.63, 3.8) is 0 Å². The first-order valence-electron chi connectivity index (χ1n) is 11.1. The van der Waals surface area contributed by atoms with E-state index in [-0.39, 0.29) is 24.7 Å². The zero-order valence-electron chi connectivity index (χ0n) is 18.9. The minimum absolute atomic E-state index is 0.0951. The van der Waals surface area contributed by atoms with Gasteiger partial charge in [-0.1, -0.05) is 37.3 Å². The van der Waals surface area contributed by atoms with Crippen LogP contribution in [0, 0.1) is 11.7 Å². The van der Waals surface area contributed by atoms with Gasteiger partial charge in [0.2, 0.25) is 0 Å². The highest BCUT2D eigenvalue weighted by atomic mass is 19.1. The summed E-state index contributed by atoms with van der Waals surface area (Å²) >= 11 is 0. The van der Waals surface area contributed by atoms with Crippen LogP contribution in [0.2, 0.25) is 0 Å². The van der Waals surface area contributed by atoms with Crippen molar-refractivity contribution in [2.45, 2.75) is 32.0 Å². The van der Waals surface area contributed by atoms with Gasteiger partial charge in [0.25, 0.3) is 5.91 Å². The molecule has 174 valence electrons. The van der Waals surface area contributed by atoms with Crippen molar-refractivity contribution in [1.29, 1.82) is 0 Å². The summed E-state index contributed by atoms with van der Waals surface area (Å²) in [6.45, 7) is 3.53. The number of methoxy groups -OCH3 is 1. The number of rotatable bonds is 4. The largest absolute Gasteiger partial charge is 0.495 e. The number of ether oxygens (including phenoxy) is 1. The smallest absolute Gasteiger partial charge is 0.328 e. The Kier molecular flexibility index (Phi) is 5.46. The van der Waals surface area contributed by atoms with Gasteiger partial charge in [-0.2, -0.15) is 0 Å². The average molecular weight is 454 g/mol. The zero-order valence-corrected chi connectivity index (χ0v) is 18.9. The Morgan fingerprint density at radius 3 is 2.58 bits per heavy atom. The summed E-state index contributed by atoms with van der Waals surface area (Å²) in [5.41, 5.74) is 1.24. The topological polar surface area (TPSA) is 68.4 Å². The summed E-state index contributed by atoms with van der Waals surface area (Å²) in [7, 11) is 3.32. The number of hydrogen-bond donors (Lipinski definition) is 1. The standard InChI is InChI=1S/C24H28FN5O3/c1-15-12-28(18-10-6-7-11-19(18)33-3)23-26-21-20(29(23)13-15)22(31)30(24(32)27(21)2)14-16-8-4-5-9-17(16)25/h4-11,15,20-21,23,26H,12-14H2,1-3H3. The third-order valence-corrected chi connectivity index (χ3v) is 6.77. The van der Waals surface area contributed by atoms with Crippen molar-refractivity contribution in [3.8, 4) is 5.75 Å². The van der Waals surface area contributed by atoms with E-state index in [0.29, 0.717) is 12.1 Å². The minimum Gasteiger partial charge on any atom is -0.495 e. The minimum atomic E-state index is -0.565. The molecule has 4 atom stereocenters. The number of likely N-dealkylation sites (N-methyl/N-ethyl adjacent to an activating group) is 1. The van der Waals surface area contributed by atoms with Crippen LogP contribution < -0.4 is 15.0 Å². The highest BCUT2D eigenvalue weighted by Crippen LogP contribution is 2.38. The molecular weight excluding hydrogens is 425 g/mol. The number of anilines is 1. The molecule has 5 rings (SSSR count). The number of fused-ring (bicyclic) bond motifs is 3. The molecule has 0 aliphatic carbocycles. The summed E-state index contributed by atoms with van der Waals surface area (Å²) in [6, 6.07) is 13.0. The van der Waals surface area contributed by atoms with Crippen LogP contribution in [0.3, 0.4) is 0 Å². The molecule has 9 heteroatoms. The third-order valence-electron chi connectivity index (χ3n) is 6.77. The molecule has 0 bridgehead atoms. The molecule has 3 amide bonds. The second-order valence-corrected chi connectivity index (χ2v) is 8.97.